The Hall–Kier alpha value is -2.80. The SMILES string of the molecule is CC(C(=O)Nc1cc2cc(-c3cnn(C)c3)ccc2nn1)N1CCCCC1. The first-order valence-corrected chi connectivity index (χ1v) is 9.41. The van der Waals surface area contributed by atoms with Gasteiger partial charge < -0.3 is 5.32 Å². The minimum absolute atomic E-state index is 0.0334. The molecule has 4 rings (SSSR count). The molecule has 3 aromatic rings. The molecule has 7 nitrogen and oxygen atoms in total. The Morgan fingerprint density at radius 2 is 1.93 bits per heavy atom. The number of aromatic nitrogens is 4. The van der Waals surface area contributed by atoms with Gasteiger partial charge >= 0.3 is 0 Å². The molecule has 0 saturated carbocycles. The normalized spacial score (nSPS) is 16.4. The summed E-state index contributed by atoms with van der Waals surface area (Å²) >= 11 is 0. The molecule has 140 valence electrons. The number of hydrogen-bond donors (Lipinski definition) is 1. The molecule has 0 spiro atoms. The average molecular weight is 364 g/mol. The van der Waals surface area contributed by atoms with E-state index in [2.05, 4.69) is 25.5 Å². The zero-order valence-corrected chi connectivity index (χ0v) is 15.7. The number of fused-ring (bicyclic) bond motifs is 1. The van der Waals surface area contributed by atoms with Crippen molar-refractivity contribution in [2.75, 3.05) is 18.4 Å². The van der Waals surface area contributed by atoms with Gasteiger partial charge in [0.2, 0.25) is 5.91 Å². The van der Waals surface area contributed by atoms with Gasteiger partial charge in [-0.2, -0.15) is 5.10 Å². The fraction of sp³-hybridized carbons (Fsp3) is 0.400. The number of nitrogens with one attached hydrogen (secondary N) is 1. The summed E-state index contributed by atoms with van der Waals surface area (Å²) < 4.78 is 1.78. The van der Waals surface area contributed by atoms with Crippen LogP contribution in [0.25, 0.3) is 22.0 Å². The first-order valence-electron chi connectivity index (χ1n) is 9.41. The van der Waals surface area contributed by atoms with Gasteiger partial charge in [-0.05, 0) is 56.6 Å². The van der Waals surface area contributed by atoms with E-state index in [1.54, 1.807) is 4.68 Å². The lowest BCUT2D eigenvalue weighted by molar-refractivity contribution is -0.121. The van der Waals surface area contributed by atoms with Crippen molar-refractivity contribution in [1.82, 2.24) is 24.9 Å². The number of nitrogens with zero attached hydrogens (tertiary/aromatic N) is 5. The largest absolute Gasteiger partial charge is 0.308 e. The fourth-order valence-electron chi connectivity index (χ4n) is 3.56. The van der Waals surface area contributed by atoms with Crippen LogP contribution in [-0.2, 0) is 11.8 Å². The number of benzene rings is 1. The summed E-state index contributed by atoms with van der Waals surface area (Å²) in [6.45, 7) is 3.91. The third-order valence-corrected chi connectivity index (χ3v) is 5.19. The summed E-state index contributed by atoms with van der Waals surface area (Å²) in [6.07, 6.45) is 7.37. The van der Waals surface area contributed by atoms with Crippen molar-refractivity contribution in [2.24, 2.45) is 7.05 Å². The number of carbonyl (C=O) groups is 1. The van der Waals surface area contributed by atoms with Crippen LogP contribution in [0.4, 0.5) is 5.82 Å². The second-order valence-electron chi connectivity index (χ2n) is 7.17. The molecule has 0 radical (unpaired) electrons. The van der Waals surface area contributed by atoms with Crippen LogP contribution in [0.3, 0.4) is 0 Å². The van der Waals surface area contributed by atoms with Crippen LogP contribution in [0.1, 0.15) is 26.2 Å². The predicted molar refractivity (Wildman–Crippen MR) is 105 cm³/mol. The van der Waals surface area contributed by atoms with Crippen LogP contribution >= 0.6 is 0 Å². The molecular formula is C20H24N6O. The summed E-state index contributed by atoms with van der Waals surface area (Å²) in [5.74, 6) is 0.452. The number of rotatable bonds is 4. The first kappa shape index (κ1) is 17.6. The summed E-state index contributed by atoms with van der Waals surface area (Å²) in [4.78, 5) is 14.8. The molecule has 1 aromatic carbocycles. The highest BCUT2D eigenvalue weighted by atomic mass is 16.2. The van der Waals surface area contributed by atoms with Gasteiger partial charge in [0.15, 0.2) is 5.82 Å². The van der Waals surface area contributed by atoms with Crippen molar-refractivity contribution in [3.63, 3.8) is 0 Å². The Labute approximate surface area is 158 Å². The number of likely N-dealkylation sites (tertiary alicyclic amines) is 1. The molecule has 0 bridgehead atoms. The van der Waals surface area contributed by atoms with Gasteiger partial charge in [0, 0.05) is 24.2 Å². The quantitative estimate of drug-likeness (QED) is 0.770. The molecule has 1 aliphatic heterocycles. The molecule has 27 heavy (non-hydrogen) atoms. The predicted octanol–water partition coefficient (Wildman–Crippen LogP) is 2.84. The van der Waals surface area contributed by atoms with E-state index in [1.165, 1.54) is 6.42 Å². The van der Waals surface area contributed by atoms with Crippen LogP contribution in [0.2, 0.25) is 0 Å². The Bertz CT molecular complexity index is 960. The lowest BCUT2D eigenvalue weighted by Crippen LogP contribution is -2.44. The highest BCUT2D eigenvalue weighted by Crippen LogP contribution is 2.24. The molecular weight excluding hydrogens is 340 g/mol. The first-order chi connectivity index (χ1) is 13.1. The standard InChI is InChI=1S/C20H24N6O/c1-14(26-8-4-3-5-9-26)20(27)22-19-11-16-10-15(6-7-18(16)23-24-19)17-12-21-25(2)13-17/h6-7,10-14H,3-5,8-9H2,1-2H3,(H,22,24,27). The van der Waals surface area contributed by atoms with E-state index >= 15 is 0 Å². The molecule has 2 aromatic heterocycles. The van der Waals surface area contributed by atoms with Crippen molar-refractivity contribution in [3.05, 3.63) is 36.7 Å². The summed E-state index contributed by atoms with van der Waals surface area (Å²) in [7, 11) is 1.90. The fourth-order valence-corrected chi connectivity index (χ4v) is 3.56. The zero-order chi connectivity index (χ0) is 18.8. The monoisotopic (exact) mass is 364 g/mol. The number of carbonyl (C=O) groups excluding carboxylic acids is 1. The lowest BCUT2D eigenvalue weighted by atomic mass is 10.1. The van der Waals surface area contributed by atoms with Gasteiger partial charge in [0.25, 0.3) is 0 Å². The average Bonchev–Trinajstić information content (AvgIpc) is 3.14. The molecule has 1 fully saturated rings. The van der Waals surface area contributed by atoms with Crippen molar-refractivity contribution < 1.29 is 4.79 Å². The van der Waals surface area contributed by atoms with E-state index in [0.717, 1.165) is 48.0 Å². The molecule has 1 N–H and O–H groups in total. The minimum Gasteiger partial charge on any atom is -0.308 e. The molecule has 1 atom stereocenters. The van der Waals surface area contributed by atoms with Crippen molar-refractivity contribution in [3.8, 4) is 11.1 Å². The lowest BCUT2D eigenvalue weighted by Gasteiger charge is -2.31. The van der Waals surface area contributed by atoms with Gasteiger partial charge in [-0.3, -0.25) is 14.4 Å². The van der Waals surface area contributed by atoms with E-state index in [4.69, 9.17) is 0 Å². The van der Waals surface area contributed by atoms with E-state index in [9.17, 15) is 4.79 Å². The summed E-state index contributed by atoms with van der Waals surface area (Å²) in [5, 5.41) is 16.5. The highest BCUT2D eigenvalue weighted by molar-refractivity contribution is 5.95. The third-order valence-electron chi connectivity index (χ3n) is 5.19. The second kappa shape index (κ2) is 7.44. The van der Waals surface area contributed by atoms with E-state index in [-0.39, 0.29) is 11.9 Å². The molecule has 7 heteroatoms. The summed E-state index contributed by atoms with van der Waals surface area (Å²) in [6, 6.07) is 7.70. The van der Waals surface area contributed by atoms with E-state index < -0.39 is 0 Å². The van der Waals surface area contributed by atoms with Crippen LogP contribution in [0, 0.1) is 0 Å². The van der Waals surface area contributed by atoms with Crippen molar-refractivity contribution in [2.45, 2.75) is 32.2 Å². The zero-order valence-electron chi connectivity index (χ0n) is 15.7. The van der Waals surface area contributed by atoms with Gasteiger partial charge in [-0.25, -0.2) is 0 Å². The molecule has 1 saturated heterocycles. The second-order valence-corrected chi connectivity index (χ2v) is 7.17. The van der Waals surface area contributed by atoms with Gasteiger partial charge in [0.1, 0.15) is 0 Å². The van der Waals surface area contributed by atoms with Gasteiger partial charge in [0.05, 0.1) is 17.8 Å². The maximum absolute atomic E-state index is 12.6. The number of anilines is 1. The summed E-state index contributed by atoms with van der Waals surface area (Å²) in [5.41, 5.74) is 2.90. The Morgan fingerprint density at radius 1 is 1.11 bits per heavy atom. The Kier molecular flexibility index (Phi) is 4.85. The maximum Gasteiger partial charge on any atom is 0.242 e. The number of aryl methyl sites for hydroxylation is 1. The molecule has 1 aliphatic rings. The third kappa shape index (κ3) is 3.83. The number of amides is 1. The van der Waals surface area contributed by atoms with Crippen LogP contribution in [0.5, 0.6) is 0 Å². The molecule has 0 aliphatic carbocycles. The molecule has 3 heterocycles. The minimum atomic E-state index is -0.162. The Morgan fingerprint density at radius 3 is 2.67 bits per heavy atom. The van der Waals surface area contributed by atoms with Gasteiger partial charge in [-0.15, -0.1) is 10.2 Å². The number of hydrogen-bond acceptors (Lipinski definition) is 5. The molecule has 1 amide bonds. The van der Waals surface area contributed by atoms with Crippen LogP contribution in [-0.4, -0.2) is 49.9 Å². The highest BCUT2D eigenvalue weighted by Gasteiger charge is 2.23. The van der Waals surface area contributed by atoms with Gasteiger partial charge in [-0.1, -0.05) is 12.5 Å². The smallest absolute Gasteiger partial charge is 0.242 e. The van der Waals surface area contributed by atoms with Crippen LogP contribution < -0.4 is 5.32 Å². The van der Waals surface area contributed by atoms with Crippen molar-refractivity contribution >= 4 is 22.6 Å². The topological polar surface area (TPSA) is 75.9 Å². The van der Waals surface area contributed by atoms with E-state index in [1.807, 2.05) is 50.6 Å². The van der Waals surface area contributed by atoms with E-state index in [0.29, 0.717) is 5.82 Å². The van der Waals surface area contributed by atoms with Crippen LogP contribution in [0.15, 0.2) is 36.7 Å². The van der Waals surface area contributed by atoms with Crippen molar-refractivity contribution in [1.29, 1.82) is 0 Å². The molecule has 1 unspecified atom stereocenters. The Balaban J connectivity index is 1.54. The number of piperidine rings is 1. The maximum atomic E-state index is 12.6.